The number of hydrogen-bond acceptors (Lipinski definition) is 6. The van der Waals surface area contributed by atoms with Crippen molar-refractivity contribution in [2.75, 3.05) is 9.80 Å². The fourth-order valence-corrected chi connectivity index (χ4v) is 3.89. The Hall–Kier alpha value is -4.84. The van der Waals surface area contributed by atoms with Gasteiger partial charge in [-0.25, -0.2) is 9.97 Å². The maximum atomic E-state index is 4.85. The molecule has 0 amide bonds. The first-order valence-electron chi connectivity index (χ1n) is 11.2. The van der Waals surface area contributed by atoms with E-state index in [2.05, 4.69) is 58.0 Å². The lowest BCUT2D eigenvalue weighted by Crippen LogP contribution is -2.18. The summed E-state index contributed by atoms with van der Waals surface area (Å²) in [6.45, 7) is 3.31. The zero-order chi connectivity index (χ0) is 23.5. The highest BCUT2D eigenvalue weighted by Gasteiger charge is 2.18. The predicted molar refractivity (Wildman–Crippen MR) is 138 cm³/mol. The van der Waals surface area contributed by atoms with Crippen molar-refractivity contribution >= 4 is 11.5 Å². The van der Waals surface area contributed by atoms with Crippen LogP contribution in [0, 0.1) is 6.67 Å². The molecule has 166 valence electrons. The first kappa shape index (κ1) is 20.7. The highest BCUT2D eigenvalue weighted by atomic mass is 15.4. The van der Waals surface area contributed by atoms with Crippen molar-refractivity contribution in [2.45, 2.75) is 0 Å². The van der Waals surface area contributed by atoms with Crippen LogP contribution in [-0.4, -0.2) is 19.9 Å². The molecule has 1 aromatic carbocycles. The van der Waals surface area contributed by atoms with Gasteiger partial charge in [-0.2, -0.15) is 0 Å². The van der Waals surface area contributed by atoms with E-state index in [1.165, 1.54) is 0 Å². The van der Waals surface area contributed by atoms with E-state index in [-0.39, 0.29) is 0 Å². The fraction of sp³-hybridized carbons (Fsp3) is 0. The first-order valence-corrected chi connectivity index (χ1v) is 11.2. The van der Waals surface area contributed by atoms with E-state index >= 15 is 0 Å². The Morgan fingerprint density at radius 1 is 0.514 bits per heavy atom. The highest BCUT2D eigenvalue weighted by Crippen LogP contribution is 2.31. The molecule has 6 heteroatoms. The van der Waals surface area contributed by atoms with Crippen LogP contribution in [0.15, 0.2) is 122 Å². The highest BCUT2D eigenvalue weighted by molar-refractivity contribution is 5.76. The monoisotopic (exact) mass is 452 g/mol. The number of hydrogen-bond donors (Lipinski definition) is 0. The number of aromatic nitrogens is 4. The third-order valence-electron chi connectivity index (χ3n) is 5.64. The molecular formula is C29H20N6. The second-order valence-corrected chi connectivity index (χ2v) is 7.93. The van der Waals surface area contributed by atoms with Gasteiger partial charge < -0.3 is 4.90 Å². The summed E-state index contributed by atoms with van der Waals surface area (Å²) < 4.78 is 0. The lowest BCUT2D eigenvalue weighted by Gasteiger charge is -2.18. The zero-order valence-corrected chi connectivity index (χ0v) is 18.7. The van der Waals surface area contributed by atoms with E-state index in [0.29, 0.717) is 0 Å². The van der Waals surface area contributed by atoms with Crippen LogP contribution < -0.4 is 9.80 Å². The van der Waals surface area contributed by atoms with Crippen LogP contribution in [0.3, 0.4) is 0 Å². The second-order valence-electron chi connectivity index (χ2n) is 7.93. The summed E-state index contributed by atoms with van der Waals surface area (Å²) >= 11 is 0. The molecular weight excluding hydrogens is 432 g/mol. The molecule has 6 rings (SSSR count). The van der Waals surface area contributed by atoms with E-state index in [1.54, 1.807) is 18.6 Å². The van der Waals surface area contributed by atoms with Gasteiger partial charge in [0.25, 0.3) is 0 Å². The normalized spacial score (nSPS) is 12.8. The Balaban J connectivity index is 1.31. The Morgan fingerprint density at radius 3 is 1.69 bits per heavy atom. The van der Waals surface area contributed by atoms with Gasteiger partial charge in [0, 0.05) is 36.7 Å². The van der Waals surface area contributed by atoms with Gasteiger partial charge in [0.05, 0.1) is 22.8 Å². The van der Waals surface area contributed by atoms with Crippen molar-refractivity contribution in [2.24, 2.45) is 0 Å². The van der Waals surface area contributed by atoms with Crippen LogP contribution in [0.5, 0.6) is 0 Å². The summed E-state index contributed by atoms with van der Waals surface area (Å²) in [7, 11) is 0. The minimum atomic E-state index is 0.808. The number of pyridine rings is 4. The van der Waals surface area contributed by atoms with E-state index in [0.717, 1.165) is 45.4 Å². The topological polar surface area (TPSA) is 58.0 Å². The van der Waals surface area contributed by atoms with E-state index in [9.17, 15) is 0 Å². The third-order valence-corrected chi connectivity index (χ3v) is 5.64. The molecule has 0 N–H and O–H groups in total. The molecule has 0 spiro atoms. The molecule has 0 aliphatic carbocycles. The van der Waals surface area contributed by atoms with Crippen molar-refractivity contribution in [1.82, 2.24) is 19.9 Å². The molecule has 4 aromatic heterocycles. The van der Waals surface area contributed by atoms with Crippen molar-refractivity contribution in [3.05, 3.63) is 129 Å². The van der Waals surface area contributed by atoms with Gasteiger partial charge in [-0.15, -0.1) is 0 Å². The van der Waals surface area contributed by atoms with E-state index in [1.807, 2.05) is 76.8 Å². The maximum Gasteiger partial charge on any atom is 0.218 e. The minimum Gasteiger partial charge on any atom is -0.315 e. The largest absolute Gasteiger partial charge is 0.315 e. The maximum absolute atomic E-state index is 4.85. The molecule has 1 aliphatic rings. The van der Waals surface area contributed by atoms with Crippen molar-refractivity contribution in [3.63, 3.8) is 0 Å². The van der Waals surface area contributed by atoms with Crippen LogP contribution in [-0.2, 0) is 0 Å². The predicted octanol–water partition coefficient (Wildman–Crippen LogP) is 6.06. The molecule has 0 saturated heterocycles. The Bertz CT molecular complexity index is 1390. The summed E-state index contributed by atoms with van der Waals surface area (Å²) in [6, 6.07) is 30.0. The number of nitrogens with zero attached hydrogens (tertiary/aromatic N) is 6. The van der Waals surface area contributed by atoms with Crippen molar-refractivity contribution < 1.29 is 0 Å². The molecule has 35 heavy (non-hydrogen) atoms. The Morgan fingerprint density at radius 2 is 1.11 bits per heavy atom. The molecule has 5 aromatic rings. The van der Waals surface area contributed by atoms with Crippen LogP contribution in [0.25, 0.3) is 33.9 Å². The average molecular weight is 453 g/mol. The molecule has 2 radical (unpaired) electrons. The Labute approximate surface area is 203 Å². The SMILES string of the molecule is [C]1N(c2ccc(-c3cc(-c4ccccn4)nc(-c4ccccn4)c3)cc2)C=CN1c1ccccn1. The lowest BCUT2D eigenvalue weighted by atomic mass is 10.0. The molecule has 0 atom stereocenters. The standard InChI is InChI=1S/C29H20N6/c1-4-14-30-25(7-1)27-19-23(20-28(33-27)26-8-2-5-15-31-26)22-10-12-24(13-11-22)34-17-18-35(21-34)29-9-3-6-16-32-29/h1-20H. The van der Waals surface area contributed by atoms with E-state index < -0.39 is 0 Å². The summed E-state index contributed by atoms with van der Waals surface area (Å²) in [5.74, 6) is 0.823. The van der Waals surface area contributed by atoms with Crippen LogP contribution >= 0.6 is 0 Å². The molecule has 5 heterocycles. The molecule has 0 fully saturated rings. The van der Waals surface area contributed by atoms with Gasteiger partial charge >= 0.3 is 0 Å². The summed E-state index contributed by atoms with van der Waals surface area (Å²) in [5, 5.41) is 0. The lowest BCUT2D eigenvalue weighted by molar-refractivity contribution is 1.07. The summed E-state index contributed by atoms with van der Waals surface area (Å²) in [6.07, 6.45) is 9.24. The number of anilines is 2. The van der Waals surface area contributed by atoms with Gasteiger partial charge in [-0.05, 0) is 71.8 Å². The van der Waals surface area contributed by atoms with Crippen molar-refractivity contribution in [3.8, 4) is 33.9 Å². The van der Waals surface area contributed by atoms with Gasteiger partial charge in [0.2, 0.25) is 6.67 Å². The van der Waals surface area contributed by atoms with Crippen LogP contribution in [0.2, 0.25) is 0 Å². The van der Waals surface area contributed by atoms with Gasteiger partial charge in [0.1, 0.15) is 5.82 Å². The summed E-state index contributed by atoms with van der Waals surface area (Å²) in [4.78, 5) is 22.1. The molecule has 6 nitrogen and oxygen atoms in total. The first-order chi connectivity index (χ1) is 17.3. The summed E-state index contributed by atoms with van der Waals surface area (Å²) in [5.41, 5.74) is 6.40. The Kier molecular flexibility index (Phi) is 5.45. The zero-order valence-electron chi connectivity index (χ0n) is 18.7. The molecule has 1 aliphatic heterocycles. The second kappa shape index (κ2) is 9.19. The smallest absolute Gasteiger partial charge is 0.218 e. The average Bonchev–Trinajstić information content (AvgIpc) is 3.45. The van der Waals surface area contributed by atoms with Gasteiger partial charge in [0.15, 0.2) is 0 Å². The quantitative estimate of drug-likeness (QED) is 0.323. The third kappa shape index (κ3) is 4.37. The minimum absolute atomic E-state index is 0.808. The van der Waals surface area contributed by atoms with Gasteiger partial charge in [-0.1, -0.05) is 30.3 Å². The number of rotatable bonds is 5. The van der Waals surface area contributed by atoms with Crippen LogP contribution in [0.1, 0.15) is 0 Å². The number of benzene rings is 1. The molecule has 0 saturated carbocycles. The van der Waals surface area contributed by atoms with Crippen LogP contribution in [0.4, 0.5) is 11.5 Å². The van der Waals surface area contributed by atoms with Crippen molar-refractivity contribution in [1.29, 1.82) is 0 Å². The molecule has 0 bridgehead atoms. The fourth-order valence-electron chi connectivity index (χ4n) is 3.89. The molecule has 0 unspecified atom stereocenters. The van der Waals surface area contributed by atoms with Gasteiger partial charge in [-0.3, -0.25) is 14.9 Å². The van der Waals surface area contributed by atoms with E-state index in [4.69, 9.17) is 4.98 Å².